The number of unbranched alkanes of at least 4 members (excludes halogenated alkanes) is 1. The van der Waals surface area contributed by atoms with Crippen molar-refractivity contribution in [3.05, 3.63) is 0 Å². The predicted molar refractivity (Wildman–Crippen MR) is 85.6 cm³/mol. The summed E-state index contributed by atoms with van der Waals surface area (Å²) < 4.78 is 10.8. The minimum Gasteiger partial charge on any atom is -0.389 e. The van der Waals surface area contributed by atoms with Gasteiger partial charge in [-0.3, -0.25) is 0 Å². The maximum atomic E-state index is 9.92. The lowest BCUT2D eigenvalue weighted by Gasteiger charge is -2.35. The Balaban J connectivity index is 1.97. The molecule has 2 N–H and O–H groups in total. The summed E-state index contributed by atoms with van der Waals surface area (Å²) in [6.45, 7) is 9.64. The third-order valence-corrected chi connectivity index (χ3v) is 4.05. The Hall–Kier alpha value is -0.200. The monoisotopic (exact) mass is 302 g/mol. The van der Waals surface area contributed by atoms with Crippen molar-refractivity contribution in [2.45, 2.75) is 45.3 Å². The van der Waals surface area contributed by atoms with Gasteiger partial charge in [0.2, 0.25) is 0 Å². The van der Waals surface area contributed by atoms with E-state index in [9.17, 15) is 5.11 Å². The van der Waals surface area contributed by atoms with Crippen LogP contribution in [0.25, 0.3) is 0 Å². The number of nitrogens with zero attached hydrogens (tertiary/aromatic N) is 1. The van der Waals surface area contributed by atoms with Gasteiger partial charge in [-0.05, 0) is 32.4 Å². The zero-order valence-corrected chi connectivity index (χ0v) is 14.0. The molecule has 0 radical (unpaired) electrons. The van der Waals surface area contributed by atoms with E-state index in [0.717, 1.165) is 39.0 Å². The summed E-state index contributed by atoms with van der Waals surface area (Å²) in [6, 6.07) is 0.508. The number of piperidine rings is 1. The molecule has 1 rings (SSSR count). The smallest absolute Gasteiger partial charge is 0.0897 e. The number of likely N-dealkylation sites (tertiary alicyclic amines) is 1. The molecule has 0 bridgehead atoms. The Morgan fingerprint density at radius 1 is 1.29 bits per heavy atom. The molecule has 3 atom stereocenters. The summed E-state index contributed by atoms with van der Waals surface area (Å²) in [5.74, 6) is 0.629. The Bertz CT molecular complexity index is 254. The van der Waals surface area contributed by atoms with Gasteiger partial charge < -0.3 is 24.8 Å². The normalized spacial score (nSPS) is 25.1. The molecule has 126 valence electrons. The molecule has 5 nitrogen and oxygen atoms in total. The third kappa shape index (κ3) is 8.73. The van der Waals surface area contributed by atoms with Gasteiger partial charge in [0.25, 0.3) is 0 Å². The second-order valence-electron chi connectivity index (χ2n) is 6.24. The summed E-state index contributed by atoms with van der Waals surface area (Å²) in [5.41, 5.74) is 0. The molecular formula is C16H34N2O3. The summed E-state index contributed by atoms with van der Waals surface area (Å²) in [6.07, 6.45) is 2.96. The van der Waals surface area contributed by atoms with Crippen LogP contribution >= 0.6 is 0 Å². The van der Waals surface area contributed by atoms with Crippen LogP contribution in [0, 0.1) is 5.92 Å². The minimum atomic E-state index is -0.438. The lowest BCUT2D eigenvalue weighted by molar-refractivity contribution is 0.00189. The Labute approximate surface area is 130 Å². The van der Waals surface area contributed by atoms with Gasteiger partial charge in [0.15, 0.2) is 0 Å². The van der Waals surface area contributed by atoms with E-state index in [-0.39, 0.29) is 0 Å². The highest BCUT2D eigenvalue weighted by Gasteiger charge is 2.24. The molecule has 1 aliphatic heterocycles. The molecule has 21 heavy (non-hydrogen) atoms. The standard InChI is InChI=1S/C16H34N2O3/c1-4-5-8-20-9-10-21-13-15(19)11-17-16-6-7-18(3)12-14(16)2/h14-17,19H,4-13H2,1-3H3. The number of hydrogen-bond acceptors (Lipinski definition) is 5. The van der Waals surface area contributed by atoms with Crippen molar-refractivity contribution in [3.8, 4) is 0 Å². The van der Waals surface area contributed by atoms with Crippen molar-refractivity contribution >= 4 is 0 Å². The molecule has 0 amide bonds. The molecule has 1 saturated heterocycles. The molecule has 5 heteroatoms. The van der Waals surface area contributed by atoms with E-state index in [1.807, 2.05) is 0 Å². The second-order valence-corrected chi connectivity index (χ2v) is 6.24. The maximum absolute atomic E-state index is 9.92. The van der Waals surface area contributed by atoms with Gasteiger partial charge in [0, 0.05) is 25.7 Å². The van der Waals surface area contributed by atoms with Crippen LogP contribution in [0.15, 0.2) is 0 Å². The van der Waals surface area contributed by atoms with Gasteiger partial charge in [-0.25, -0.2) is 0 Å². The van der Waals surface area contributed by atoms with E-state index in [1.165, 1.54) is 0 Å². The quantitative estimate of drug-likeness (QED) is 0.560. The van der Waals surface area contributed by atoms with E-state index in [2.05, 4.69) is 31.1 Å². The zero-order valence-electron chi connectivity index (χ0n) is 14.0. The molecule has 0 aromatic heterocycles. The van der Waals surface area contributed by atoms with Gasteiger partial charge in [0.05, 0.1) is 25.9 Å². The summed E-state index contributed by atoms with van der Waals surface area (Å²) >= 11 is 0. The van der Waals surface area contributed by atoms with Crippen molar-refractivity contribution < 1.29 is 14.6 Å². The molecule has 0 aliphatic carbocycles. The van der Waals surface area contributed by atoms with Crippen molar-refractivity contribution in [2.24, 2.45) is 5.92 Å². The van der Waals surface area contributed by atoms with Gasteiger partial charge in [-0.2, -0.15) is 0 Å². The van der Waals surface area contributed by atoms with Crippen LogP contribution < -0.4 is 5.32 Å². The molecule has 1 heterocycles. The van der Waals surface area contributed by atoms with E-state index < -0.39 is 6.10 Å². The zero-order chi connectivity index (χ0) is 15.5. The summed E-state index contributed by atoms with van der Waals surface area (Å²) in [7, 11) is 2.16. The molecule has 0 saturated carbocycles. The fraction of sp³-hybridized carbons (Fsp3) is 1.00. The number of nitrogens with one attached hydrogen (secondary N) is 1. The molecule has 0 spiro atoms. The van der Waals surface area contributed by atoms with Crippen molar-refractivity contribution in [1.82, 2.24) is 10.2 Å². The number of hydrogen-bond donors (Lipinski definition) is 2. The Kier molecular flexibility index (Phi) is 10.2. The lowest BCUT2D eigenvalue weighted by Crippen LogP contribution is -2.49. The first-order valence-corrected chi connectivity index (χ1v) is 8.39. The first-order chi connectivity index (χ1) is 10.1. The molecule has 1 fully saturated rings. The van der Waals surface area contributed by atoms with Crippen LogP contribution in [0.2, 0.25) is 0 Å². The Morgan fingerprint density at radius 2 is 2.05 bits per heavy atom. The van der Waals surface area contributed by atoms with E-state index in [1.54, 1.807) is 0 Å². The number of aliphatic hydroxyl groups is 1. The van der Waals surface area contributed by atoms with E-state index in [0.29, 0.717) is 38.3 Å². The fourth-order valence-electron chi connectivity index (χ4n) is 2.69. The average Bonchev–Trinajstić information content (AvgIpc) is 2.45. The highest BCUT2D eigenvalue weighted by atomic mass is 16.5. The fourth-order valence-corrected chi connectivity index (χ4v) is 2.69. The lowest BCUT2D eigenvalue weighted by atomic mass is 9.94. The van der Waals surface area contributed by atoms with Crippen LogP contribution in [0.3, 0.4) is 0 Å². The summed E-state index contributed by atoms with van der Waals surface area (Å²) in [5, 5.41) is 13.4. The van der Waals surface area contributed by atoms with Gasteiger partial charge in [-0.15, -0.1) is 0 Å². The molecule has 3 unspecified atom stereocenters. The molecule has 0 aromatic rings. The van der Waals surface area contributed by atoms with Crippen LogP contribution in [0.1, 0.15) is 33.1 Å². The highest BCUT2D eigenvalue weighted by Crippen LogP contribution is 2.15. The average molecular weight is 302 g/mol. The van der Waals surface area contributed by atoms with Crippen LogP contribution in [0.5, 0.6) is 0 Å². The van der Waals surface area contributed by atoms with Gasteiger partial charge >= 0.3 is 0 Å². The maximum Gasteiger partial charge on any atom is 0.0897 e. The second kappa shape index (κ2) is 11.4. The summed E-state index contributed by atoms with van der Waals surface area (Å²) in [4.78, 5) is 2.36. The van der Waals surface area contributed by atoms with Crippen molar-refractivity contribution in [1.29, 1.82) is 0 Å². The highest BCUT2D eigenvalue weighted by molar-refractivity contribution is 4.82. The van der Waals surface area contributed by atoms with E-state index in [4.69, 9.17) is 9.47 Å². The van der Waals surface area contributed by atoms with Crippen LogP contribution in [-0.2, 0) is 9.47 Å². The molecular weight excluding hydrogens is 268 g/mol. The minimum absolute atomic E-state index is 0.380. The van der Waals surface area contributed by atoms with Crippen molar-refractivity contribution in [3.63, 3.8) is 0 Å². The predicted octanol–water partition coefficient (Wildman–Crippen LogP) is 1.11. The third-order valence-electron chi connectivity index (χ3n) is 4.05. The van der Waals surface area contributed by atoms with E-state index >= 15 is 0 Å². The van der Waals surface area contributed by atoms with Crippen LogP contribution in [-0.4, -0.2) is 75.3 Å². The first-order valence-electron chi connectivity index (χ1n) is 8.39. The molecule has 0 aromatic carbocycles. The SMILES string of the molecule is CCCCOCCOCC(O)CNC1CCN(C)CC1C. The van der Waals surface area contributed by atoms with Gasteiger partial charge in [0.1, 0.15) is 0 Å². The number of aliphatic hydroxyl groups excluding tert-OH is 1. The van der Waals surface area contributed by atoms with Crippen molar-refractivity contribution in [2.75, 3.05) is 53.1 Å². The topological polar surface area (TPSA) is 54.0 Å². The van der Waals surface area contributed by atoms with Crippen LogP contribution in [0.4, 0.5) is 0 Å². The Morgan fingerprint density at radius 3 is 2.76 bits per heavy atom. The number of rotatable bonds is 11. The molecule has 1 aliphatic rings. The first kappa shape index (κ1) is 18.8. The number of ether oxygens (including phenoxy) is 2. The van der Waals surface area contributed by atoms with Gasteiger partial charge in [-0.1, -0.05) is 20.3 Å². The largest absolute Gasteiger partial charge is 0.389 e.